The van der Waals surface area contributed by atoms with E-state index in [-0.39, 0.29) is 11.5 Å². The highest BCUT2D eigenvalue weighted by Gasteiger charge is 2.31. The third kappa shape index (κ3) is 2.52. The molecule has 0 saturated heterocycles. The Balaban J connectivity index is 2.28. The van der Waals surface area contributed by atoms with Crippen molar-refractivity contribution in [1.82, 2.24) is 0 Å². The number of fused-ring (bicyclic) bond motifs is 1. The Kier molecular flexibility index (Phi) is 3.36. The van der Waals surface area contributed by atoms with Crippen molar-refractivity contribution in [2.45, 2.75) is 39.2 Å². The van der Waals surface area contributed by atoms with Gasteiger partial charge in [-0.2, -0.15) is 0 Å². The second-order valence-electron chi connectivity index (χ2n) is 5.92. The number of ether oxygens (including phenoxy) is 1. The van der Waals surface area contributed by atoms with Crippen LogP contribution in [0.1, 0.15) is 38.8 Å². The van der Waals surface area contributed by atoms with E-state index in [0.29, 0.717) is 5.92 Å². The van der Waals surface area contributed by atoms with E-state index in [1.165, 1.54) is 5.56 Å². The van der Waals surface area contributed by atoms with Crippen LogP contribution in [0.5, 0.6) is 5.75 Å². The van der Waals surface area contributed by atoms with Gasteiger partial charge in [-0.25, -0.2) is 0 Å². The first kappa shape index (κ1) is 13.0. The number of hydrogen-bond acceptors (Lipinski definition) is 2. The molecule has 96 valence electrons. The van der Waals surface area contributed by atoms with Gasteiger partial charge in [0.2, 0.25) is 0 Å². The lowest BCUT2D eigenvalue weighted by atomic mass is 9.86. The number of benzene rings is 1. The molecule has 2 N–H and O–H groups in total. The van der Waals surface area contributed by atoms with Gasteiger partial charge in [-0.3, -0.25) is 0 Å². The summed E-state index contributed by atoms with van der Waals surface area (Å²) in [7, 11) is 0. The topological polar surface area (TPSA) is 35.2 Å². The Labute approximate surface area is 110 Å². The quantitative estimate of drug-likeness (QED) is 0.770. The lowest BCUT2D eigenvalue weighted by Gasteiger charge is -2.15. The predicted octanol–water partition coefficient (Wildman–Crippen LogP) is 2.69. The Morgan fingerprint density at radius 1 is 1.33 bits per heavy atom. The zero-order chi connectivity index (χ0) is 13.3. The number of hydrogen-bond donors (Lipinski definition) is 1. The summed E-state index contributed by atoms with van der Waals surface area (Å²) in [5, 5.41) is 0. The molecule has 1 aliphatic heterocycles. The first-order valence-electron chi connectivity index (χ1n) is 6.44. The van der Waals surface area contributed by atoms with Gasteiger partial charge in [-0.15, -0.1) is 0 Å². The molecule has 2 nitrogen and oxygen atoms in total. The summed E-state index contributed by atoms with van der Waals surface area (Å²) in [6.07, 6.45) is 0. The summed E-state index contributed by atoms with van der Waals surface area (Å²) in [5.74, 6) is 7.63. The highest BCUT2D eigenvalue weighted by molar-refractivity contribution is 5.49. The van der Waals surface area contributed by atoms with Gasteiger partial charge in [0.1, 0.15) is 5.75 Å². The summed E-state index contributed by atoms with van der Waals surface area (Å²) in [5.41, 5.74) is 8.27. The molecule has 0 spiro atoms. The largest absolute Gasteiger partial charge is 0.492 e. The Morgan fingerprint density at radius 3 is 2.72 bits per heavy atom. The maximum atomic E-state index is 5.93. The van der Waals surface area contributed by atoms with Crippen LogP contribution in [0.15, 0.2) is 18.2 Å². The number of rotatable bonds is 1. The lowest BCUT2D eigenvalue weighted by Crippen LogP contribution is -2.23. The van der Waals surface area contributed by atoms with Crippen LogP contribution >= 0.6 is 0 Å². The molecule has 0 aliphatic carbocycles. The molecule has 2 heteroatoms. The second-order valence-corrected chi connectivity index (χ2v) is 5.92. The highest BCUT2D eigenvalue weighted by Crippen LogP contribution is 2.38. The summed E-state index contributed by atoms with van der Waals surface area (Å²) < 4.78 is 5.66. The maximum absolute atomic E-state index is 5.93. The molecule has 1 atom stereocenters. The second kappa shape index (κ2) is 4.66. The molecule has 0 saturated carbocycles. The first-order chi connectivity index (χ1) is 8.40. The van der Waals surface area contributed by atoms with E-state index in [1.54, 1.807) is 0 Å². The van der Waals surface area contributed by atoms with Gasteiger partial charge in [-0.1, -0.05) is 39.5 Å². The molecule has 1 aliphatic rings. The summed E-state index contributed by atoms with van der Waals surface area (Å²) in [6, 6.07) is 6.07. The van der Waals surface area contributed by atoms with Crippen molar-refractivity contribution in [2.75, 3.05) is 6.61 Å². The molecule has 0 fully saturated rings. The number of nitrogens with two attached hydrogens (primary N) is 1. The molecule has 0 amide bonds. The van der Waals surface area contributed by atoms with Gasteiger partial charge >= 0.3 is 0 Å². The fourth-order valence-electron chi connectivity index (χ4n) is 1.93. The van der Waals surface area contributed by atoms with E-state index in [4.69, 9.17) is 10.5 Å². The van der Waals surface area contributed by atoms with Crippen molar-refractivity contribution in [3.05, 3.63) is 29.3 Å². The molecule has 0 radical (unpaired) electrons. The Bertz CT molecular complexity index is 506. The van der Waals surface area contributed by atoms with E-state index in [1.807, 2.05) is 12.1 Å². The average Bonchev–Trinajstić information content (AvgIpc) is 2.62. The minimum Gasteiger partial charge on any atom is -0.492 e. The van der Waals surface area contributed by atoms with Crippen molar-refractivity contribution in [3.8, 4) is 17.6 Å². The van der Waals surface area contributed by atoms with Crippen molar-refractivity contribution in [3.63, 3.8) is 0 Å². The van der Waals surface area contributed by atoms with Crippen LogP contribution in [0.4, 0.5) is 0 Å². The van der Waals surface area contributed by atoms with Crippen LogP contribution in [-0.4, -0.2) is 12.6 Å². The van der Waals surface area contributed by atoms with Crippen molar-refractivity contribution < 1.29 is 4.74 Å². The van der Waals surface area contributed by atoms with Crippen LogP contribution in [0.3, 0.4) is 0 Å². The van der Waals surface area contributed by atoms with Gasteiger partial charge < -0.3 is 10.5 Å². The van der Waals surface area contributed by atoms with Crippen LogP contribution in [-0.2, 0) is 5.41 Å². The highest BCUT2D eigenvalue weighted by atomic mass is 16.5. The predicted molar refractivity (Wildman–Crippen MR) is 74.7 cm³/mol. The van der Waals surface area contributed by atoms with Gasteiger partial charge in [0.05, 0.1) is 12.6 Å². The van der Waals surface area contributed by atoms with Crippen molar-refractivity contribution in [1.29, 1.82) is 0 Å². The van der Waals surface area contributed by atoms with Crippen molar-refractivity contribution in [2.24, 2.45) is 11.7 Å². The molecular formula is C16H21NO. The van der Waals surface area contributed by atoms with Gasteiger partial charge in [0.15, 0.2) is 0 Å². The molecule has 1 aromatic rings. The summed E-state index contributed by atoms with van der Waals surface area (Å²) in [4.78, 5) is 0. The summed E-state index contributed by atoms with van der Waals surface area (Å²) >= 11 is 0. The fraction of sp³-hybridized carbons (Fsp3) is 0.500. The minimum absolute atomic E-state index is 0.0671. The zero-order valence-electron chi connectivity index (χ0n) is 11.6. The monoisotopic (exact) mass is 243 g/mol. The SMILES string of the molecule is CC(C)C(N)C#Cc1ccc2c(c1)C(C)(C)CO2. The smallest absolute Gasteiger partial charge is 0.123 e. The third-order valence-electron chi connectivity index (χ3n) is 3.40. The van der Waals surface area contributed by atoms with E-state index in [2.05, 4.69) is 45.6 Å². The molecule has 1 aromatic carbocycles. The molecule has 0 bridgehead atoms. The lowest BCUT2D eigenvalue weighted by molar-refractivity contribution is 0.291. The fourth-order valence-corrected chi connectivity index (χ4v) is 1.93. The van der Waals surface area contributed by atoms with Crippen LogP contribution in [0.2, 0.25) is 0 Å². The molecular weight excluding hydrogens is 222 g/mol. The minimum atomic E-state index is -0.0671. The van der Waals surface area contributed by atoms with Gasteiger partial charge in [0, 0.05) is 16.5 Å². The average molecular weight is 243 g/mol. The van der Waals surface area contributed by atoms with E-state index in [9.17, 15) is 0 Å². The van der Waals surface area contributed by atoms with Crippen LogP contribution < -0.4 is 10.5 Å². The standard InChI is InChI=1S/C16H21NO/c1-11(2)14(17)7-5-12-6-8-15-13(9-12)16(3,4)10-18-15/h6,8-9,11,14H,10,17H2,1-4H3. The molecule has 18 heavy (non-hydrogen) atoms. The zero-order valence-corrected chi connectivity index (χ0v) is 11.6. The van der Waals surface area contributed by atoms with Crippen LogP contribution in [0.25, 0.3) is 0 Å². The summed E-state index contributed by atoms with van der Waals surface area (Å²) in [6.45, 7) is 9.29. The van der Waals surface area contributed by atoms with Crippen LogP contribution in [0, 0.1) is 17.8 Å². The maximum Gasteiger partial charge on any atom is 0.123 e. The third-order valence-corrected chi connectivity index (χ3v) is 3.40. The van der Waals surface area contributed by atoms with Gasteiger partial charge in [0.25, 0.3) is 0 Å². The normalized spacial score (nSPS) is 17.7. The molecule has 0 aromatic heterocycles. The van der Waals surface area contributed by atoms with E-state index < -0.39 is 0 Å². The first-order valence-corrected chi connectivity index (χ1v) is 6.44. The molecule has 2 rings (SSSR count). The van der Waals surface area contributed by atoms with Crippen molar-refractivity contribution >= 4 is 0 Å². The Hall–Kier alpha value is -1.46. The molecule has 1 heterocycles. The van der Waals surface area contributed by atoms with E-state index >= 15 is 0 Å². The van der Waals surface area contributed by atoms with Gasteiger partial charge in [-0.05, 0) is 24.1 Å². The van der Waals surface area contributed by atoms with E-state index in [0.717, 1.165) is 17.9 Å². The molecule has 1 unspecified atom stereocenters. The Morgan fingerprint density at radius 2 is 2.06 bits per heavy atom.